The van der Waals surface area contributed by atoms with E-state index in [4.69, 9.17) is 4.98 Å². The van der Waals surface area contributed by atoms with E-state index in [1.165, 1.54) is 9.88 Å². The van der Waals surface area contributed by atoms with Crippen molar-refractivity contribution in [2.75, 3.05) is 12.0 Å². The average Bonchev–Trinajstić information content (AvgIpc) is 2.68. The first-order valence-electron chi connectivity index (χ1n) is 7.15. The van der Waals surface area contributed by atoms with Gasteiger partial charge in [-0.15, -0.1) is 11.3 Å². The van der Waals surface area contributed by atoms with Crippen molar-refractivity contribution in [3.8, 4) is 0 Å². The molecule has 1 heterocycles. The smallest absolute Gasteiger partial charge is 0.0985 e. The van der Waals surface area contributed by atoms with Crippen LogP contribution in [0.5, 0.6) is 0 Å². The van der Waals surface area contributed by atoms with Crippen molar-refractivity contribution in [2.45, 2.75) is 65.5 Å². The normalized spacial score (nSPS) is 16.9. The summed E-state index contributed by atoms with van der Waals surface area (Å²) in [4.78, 5) is 6.03. The van der Waals surface area contributed by atoms with E-state index in [-0.39, 0.29) is 5.41 Å². The number of rotatable bonds is 6. The topological polar surface area (TPSA) is 42.0 Å². The quantitative estimate of drug-likeness (QED) is 0.872. The van der Waals surface area contributed by atoms with E-state index in [1.807, 2.05) is 11.3 Å². The van der Waals surface area contributed by atoms with Crippen molar-refractivity contribution in [3.05, 3.63) is 15.6 Å². The molecule has 1 aromatic heterocycles. The predicted octanol–water partition coefficient (Wildman–Crippen LogP) is 3.56. The summed E-state index contributed by atoms with van der Waals surface area (Å²) >= 11 is 1.81. The van der Waals surface area contributed by atoms with E-state index in [2.05, 4.69) is 46.9 Å². The van der Waals surface area contributed by atoms with Crippen molar-refractivity contribution in [3.63, 3.8) is 0 Å². The van der Waals surface area contributed by atoms with E-state index in [0.29, 0.717) is 12.1 Å². The summed E-state index contributed by atoms with van der Waals surface area (Å²) in [6, 6.07) is 0.664. The molecule has 0 aliphatic carbocycles. The Kier molecular flexibility index (Phi) is 6.35. The van der Waals surface area contributed by atoms with Crippen LogP contribution in [0.25, 0.3) is 0 Å². The molecule has 0 aliphatic heterocycles. The second-order valence-electron chi connectivity index (χ2n) is 6.57. The first kappa shape index (κ1) is 17.8. The summed E-state index contributed by atoms with van der Waals surface area (Å²) in [5.41, 5.74) is 1.24. The maximum atomic E-state index is 11.1. The number of nitrogens with zero attached hydrogens (tertiary/aromatic N) is 1. The molecule has 3 unspecified atom stereocenters. The second-order valence-corrected chi connectivity index (χ2v) is 9.16. The standard InChI is InChI=1S/C15H28N2OS2/c1-10(8-9-20(7)18)16-11(2)13-12(3)17-14(19-13)15(4,5)6/h10-11,16H,8-9H2,1-7H3. The fraction of sp³-hybridized carbons (Fsp3) is 0.800. The lowest BCUT2D eigenvalue weighted by Gasteiger charge is -2.19. The minimum absolute atomic E-state index is 0.109. The zero-order valence-electron chi connectivity index (χ0n) is 13.7. The van der Waals surface area contributed by atoms with Crippen molar-refractivity contribution < 1.29 is 4.21 Å². The van der Waals surface area contributed by atoms with E-state index in [1.54, 1.807) is 6.26 Å². The monoisotopic (exact) mass is 316 g/mol. The lowest BCUT2D eigenvalue weighted by Crippen LogP contribution is -2.30. The van der Waals surface area contributed by atoms with Gasteiger partial charge >= 0.3 is 0 Å². The molecular formula is C15H28N2OS2. The Balaban J connectivity index is 2.70. The third kappa shape index (κ3) is 5.26. The van der Waals surface area contributed by atoms with Gasteiger partial charge in [0.05, 0.1) is 10.7 Å². The Labute approximate surface area is 130 Å². The summed E-state index contributed by atoms with van der Waals surface area (Å²) in [6.45, 7) is 13.0. The van der Waals surface area contributed by atoms with Crippen LogP contribution >= 0.6 is 11.3 Å². The van der Waals surface area contributed by atoms with Crippen LogP contribution in [0, 0.1) is 6.92 Å². The Hall–Kier alpha value is -0.260. The summed E-state index contributed by atoms with van der Waals surface area (Å²) in [5.74, 6) is 0.760. The first-order valence-corrected chi connectivity index (χ1v) is 9.69. The fourth-order valence-electron chi connectivity index (χ4n) is 2.06. The van der Waals surface area contributed by atoms with Gasteiger partial charge in [0.25, 0.3) is 0 Å². The van der Waals surface area contributed by atoms with E-state index in [9.17, 15) is 4.21 Å². The van der Waals surface area contributed by atoms with Gasteiger partial charge in [-0.05, 0) is 27.2 Å². The van der Waals surface area contributed by atoms with Gasteiger partial charge in [-0.1, -0.05) is 20.8 Å². The molecule has 1 aromatic rings. The SMILES string of the molecule is Cc1nc(C(C)(C)C)sc1C(C)NC(C)CCS(C)=O. The molecule has 0 saturated carbocycles. The number of aromatic nitrogens is 1. The van der Waals surface area contributed by atoms with E-state index < -0.39 is 10.8 Å². The van der Waals surface area contributed by atoms with Crippen LogP contribution < -0.4 is 5.32 Å². The fourth-order valence-corrected chi connectivity index (χ4v) is 3.88. The third-order valence-corrected chi connectivity index (χ3v) is 5.82. The minimum Gasteiger partial charge on any atom is -0.307 e. The Morgan fingerprint density at radius 2 is 1.95 bits per heavy atom. The van der Waals surface area contributed by atoms with Gasteiger partial charge in [-0.2, -0.15) is 0 Å². The molecule has 0 spiro atoms. The van der Waals surface area contributed by atoms with Crippen LogP contribution in [0.2, 0.25) is 0 Å². The van der Waals surface area contributed by atoms with Crippen molar-refractivity contribution in [1.29, 1.82) is 0 Å². The zero-order chi connectivity index (χ0) is 15.5. The number of aryl methyl sites for hydroxylation is 1. The molecule has 1 rings (SSSR count). The molecule has 0 saturated heterocycles. The molecule has 5 heteroatoms. The molecule has 0 bridgehead atoms. The maximum Gasteiger partial charge on any atom is 0.0985 e. The van der Waals surface area contributed by atoms with Crippen LogP contribution in [0.3, 0.4) is 0 Å². The van der Waals surface area contributed by atoms with Crippen molar-refractivity contribution in [2.24, 2.45) is 0 Å². The molecule has 0 aliphatic rings. The number of nitrogens with one attached hydrogen (secondary N) is 1. The Bertz CT molecular complexity index is 463. The molecule has 20 heavy (non-hydrogen) atoms. The molecule has 0 fully saturated rings. The van der Waals surface area contributed by atoms with Crippen molar-refractivity contribution >= 4 is 22.1 Å². The van der Waals surface area contributed by atoms with Gasteiger partial charge in [0.2, 0.25) is 0 Å². The van der Waals surface area contributed by atoms with Gasteiger partial charge in [0.15, 0.2) is 0 Å². The molecule has 0 aromatic carbocycles. The molecule has 1 N–H and O–H groups in total. The van der Waals surface area contributed by atoms with Gasteiger partial charge < -0.3 is 5.32 Å². The molecule has 0 amide bonds. The van der Waals surface area contributed by atoms with Gasteiger partial charge in [-0.25, -0.2) is 4.98 Å². The molecular weight excluding hydrogens is 288 g/mol. The van der Waals surface area contributed by atoms with Crippen LogP contribution in [-0.4, -0.2) is 27.2 Å². The van der Waals surface area contributed by atoms with Gasteiger partial charge in [-0.3, -0.25) is 4.21 Å². The zero-order valence-corrected chi connectivity index (χ0v) is 15.4. The molecule has 3 nitrogen and oxygen atoms in total. The highest BCUT2D eigenvalue weighted by atomic mass is 32.2. The summed E-state index contributed by atoms with van der Waals surface area (Å²) in [6.07, 6.45) is 2.70. The van der Waals surface area contributed by atoms with E-state index >= 15 is 0 Å². The number of thiazole rings is 1. The first-order chi connectivity index (χ1) is 9.11. The Morgan fingerprint density at radius 1 is 1.35 bits per heavy atom. The highest BCUT2D eigenvalue weighted by Crippen LogP contribution is 2.32. The molecule has 116 valence electrons. The van der Waals surface area contributed by atoms with Gasteiger partial charge in [0, 0.05) is 45.2 Å². The number of hydrogen-bond donors (Lipinski definition) is 1. The van der Waals surface area contributed by atoms with Crippen LogP contribution in [0.4, 0.5) is 0 Å². The third-order valence-electron chi connectivity index (χ3n) is 3.24. The highest BCUT2D eigenvalue weighted by Gasteiger charge is 2.22. The highest BCUT2D eigenvalue weighted by molar-refractivity contribution is 7.84. The Morgan fingerprint density at radius 3 is 2.40 bits per heavy atom. The largest absolute Gasteiger partial charge is 0.307 e. The predicted molar refractivity (Wildman–Crippen MR) is 90.1 cm³/mol. The molecule has 0 radical (unpaired) electrons. The summed E-state index contributed by atoms with van der Waals surface area (Å²) < 4.78 is 11.1. The number of hydrogen-bond acceptors (Lipinski definition) is 4. The van der Waals surface area contributed by atoms with Crippen molar-refractivity contribution in [1.82, 2.24) is 10.3 Å². The van der Waals surface area contributed by atoms with E-state index in [0.717, 1.165) is 17.9 Å². The lowest BCUT2D eigenvalue weighted by atomic mass is 9.98. The van der Waals surface area contributed by atoms with Gasteiger partial charge in [0.1, 0.15) is 0 Å². The van der Waals surface area contributed by atoms with Crippen LogP contribution in [-0.2, 0) is 16.2 Å². The molecule has 3 atom stereocenters. The van der Waals surface area contributed by atoms with Crippen LogP contribution in [0.15, 0.2) is 0 Å². The minimum atomic E-state index is -0.707. The summed E-state index contributed by atoms with van der Waals surface area (Å²) in [7, 11) is -0.707. The lowest BCUT2D eigenvalue weighted by molar-refractivity contribution is 0.473. The summed E-state index contributed by atoms with van der Waals surface area (Å²) in [5, 5.41) is 4.79. The second kappa shape index (κ2) is 7.14. The average molecular weight is 317 g/mol. The van der Waals surface area contributed by atoms with Crippen LogP contribution in [0.1, 0.15) is 62.7 Å². The maximum absolute atomic E-state index is 11.1.